The summed E-state index contributed by atoms with van der Waals surface area (Å²) in [5.41, 5.74) is -5.53. The van der Waals surface area contributed by atoms with E-state index in [9.17, 15) is 31.7 Å². The Labute approximate surface area is 80.3 Å². The second kappa shape index (κ2) is 3.18. The Balaban J connectivity index is 3.24. The molecule has 0 bridgehead atoms. The molecule has 11 heteroatoms. The van der Waals surface area contributed by atoms with Gasteiger partial charge in [-0.05, 0) is 9.91 Å². The van der Waals surface area contributed by atoms with Crippen molar-refractivity contribution in [3.8, 4) is 0 Å². The van der Waals surface area contributed by atoms with Crippen LogP contribution in [0.15, 0.2) is 12.5 Å². The summed E-state index contributed by atoms with van der Waals surface area (Å²) >= 11 is 0. The fourth-order valence-corrected chi connectivity index (χ4v) is 1.29. The molecule has 0 saturated carbocycles. The van der Waals surface area contributed by atoms with Crippen LogP contribution in [0, 0.1) is 10.1 Å². The summed E-state index contributed by atoms with van der Waals surface area (Å²) in [6.45, 7) is 0. The first-order chi connectivity index (χ1) is 6.66. The van der Waals surface area contributed by atoms with E-state index < -0.39 is 26.3 Å². The van der Waals surface area contributed by atoms with Crippen molar-refractivity contribution in [1.29, 1.82) is 0 Å². The minimum Gasteiger partial charge on any atom is -0.358 e. The second-order valence-electron chi connectivity index (χ2n) is 2.27. The molecular weight excluding hydrogens is 243 g/mol. The summed E-state index contributed by atoms with van der Waals surface area (Å²) in [7, 11) is -5.64. The largest absolute Gasteiger partial charge is 0.517 e. The van der Waals surface area contributed by atoms with Gasteiger partial charge in [0, 0.05) is 0 Å². The molecule has 1 rings (SSSR count). The van der Waals surface area contributed by atoms with Crippen LogP contribution in [0.4, 0.5) is 19.0 Å². The highest BCUT2D eigenvalue weighted by Crippen LogP contribution is 2.25. The molecule has 0 radical (unpaired) electrons. The van der Waals surface area contributed by atoms with Gasteiger partial charge in [0.05, 0.1) is 0 Å². The van der Waals surface area contributed by atoms with Crippen LogP contribution < -0.4 is 0 Å². The zero-order valence-corrected chi connectivity index (χ0v) is 7.49. The van der Waals surface area contributed by atoms with E-state index in [1.165, 1.54) is 0 Å². The standard InChI is InChI=1S/C4H2F3N3O4S/c5-4(6,7)15(13,14)9-1-3(8-2-9)10(11)12/h1-2H. The third kappa shape index (κ3) is 1.91. The first-order valence-electron chi connectivity index (χ1n) is 3.16. The summed E-state index contributed by atoms with van der Waals surface area (Å²) in [6, 6.07) is 0. The number of nitro groups is 1. The number of hydrogen-bond acceptors (Lipinski definition) is 5. The molecule has 15 heavy (non-hydrogen) atoms. The van der Waals surface area contributed by atoms with E-state index in [0.29, 0.717) is 0 Å². The van der Waals surface area contributed by atoms with Gasteiger partial charge in [-0.2, -0.15) is 25.6 Å². The third-order valence-corrected chi connectivity index (χ3v) is 2.64. The van der Waals surface area contributed by atoms with Crippen LogP contribution in [-0.2, 0) is 10.0 Å². The van der Waals surface area contributed by atoms with Gasteiger partial charge in [-0.15, -0.1) is 0 Å². The van der Waals surface area contributed by atoms with Crippen molar-refractivity contribution < 1.29 is 26.5 Å². The van der Waals surface area contributed by atoms with Gasteiger partial charge in [0.2, 0.25) is 6.33 Å². The van der Waals surface area contributed by atoms with Gasteiger partial charge in [0.1, 0.15) is 6.20 Å². The van der Waals surface area contributed by atoms with Gasteiger partial charge < -0.3 is 10.1 Å². The van der Waals surface area contributed by atoms with Gasteiger partial charge in [0.25, 0.3) is 0 Å². The van der Waals surface area contributed by atoms with Gasteiger partial charge in [0.15, 0.2) is 0 Å². The first-order valence-corrected chi connectivity index (χ1v) is 4.60. The summed E-state index contributed by atoms with van der Waals surface area (Å²) in [5, 5.41) is 10.0. The molecule has 1 aromatic rings. The number of alkyl halides is 3. The third-order valence-electron chi connectivity index (χ3n) is 1.30. The number of hydrogen-bond donors (Lipinski definition) is 0. The normalized spacial score (nSPS) is 12.7. The Morgan fingerprint density at radius 3 is 2.33 bits per heavy atom. The molecule has 0 unspecified atom stereocenters. The Morgan fingerprint density at radius 2 is 2.00 bits per heavy atom. The quantitative estimate of drug-likeness (QED) is 0.558. The first kappa shape index (κ1) is 11.4. The Kier molecular flexibility index (Phi) is 2.43. The molecule has 0 spiro atoms. The lowest BCUT2D eigenvalue weighted by Gasteiger charge is -2.05. The number of aromatic nitrogens is 2. The minimum atomic E-state index is -5.64. The van der Waals surface area contributed by atoms with Crippen molar-refractivity contribution in [3.63, 3.8) is 0 Å². The Bertz CT molecular complexity index is 489. The fourth-order valence-electron chi connectivity index (χ4n) is 0.642. The maximum absolute atomic E-state index is 11.9. The number of rotatable bonds is 2. The van der Waals surface area contributed by atoms with Gasteiger partial charge in [-0.3, -0.25) is 0 Å². The van der Waals surface area contributed by atoms with Crippen molar-refractivity contribution in [1.82, 2.24) is 8.96 Å². The molecular formula is C4H2F3N3O4S. The maximum atomic E-state index is 11.9. The highest BCUT2D eigenvalue weighted by molar-refractivity contribution is 7.90. The molecule has 0 aromatic carbocycles. The Morgan fingerprint density at radius 1 is 1.47 bits per heavy atom. The molecule has 1 aromatic heterocycles. The zero-order chi connectivity index (χ0) is 11.9. The average molecular weight is 245 g/mol. The lowest BCUT2D eigenvalue weighted by atomic mass is 10.8. The van der Waals surface area contributed by atoms with Crippen molar-refractivity contribution >= 4 is 15.8 Å². The van der Waals surface area contributed by atoms with Gasteiger partial charge in [-0.25, -0.2) is 0 Å². The van der Waals surface area contributed by atoms with Crippen LogP contribution in [0.25, 0.3) is 0 Å². The molecule has 84 valence electrons. The highest BCUT2D eigenvalue weighted by Gasteiger charge is 2.48. The molecule has 0 aliphatic heterocycles. The monoisotopic (exact) mass is 245 g/mol. The SMILES string of the molecule is O=[N+]([O-])c1cn(S(=O)(=O)C(F)(F)F)cn1. The molecule has 0 aliphatic carbocycles. The fraction of sp³-hybridized carbons (Fsp3) is 0.250. The molecule has 7 nitrogen and oxygen atoms in total. The maximum Gasteiger partial charge on any atom is 0.517 e. The topological polar surface area (TPSA) is 95.1 Å². The lowest BCUT2D eigenvalue weighted by Crippen LogP contribution is -2.28. The van der Waals surface area contributed by atoms with E-state index >= 15 is 0 Å². The molecule has 0 amide bonds. The van der Waals surface area contributed by atoms with Crippen LogP contribution in [0.3, 0.4) is 0 Å². The van der Waals surface area contributed by atoms with E-state index in [0.717, 1.165) is 0 Å². The van der Waals surface area contributed by atoms with E-state index in [-0.39, 0.29) is 16.5 Å². The molecule has 0 saturated heterocycles. The molecule has 1 heterocycles. The van der Waals surface area contributed by atoms with E-state index in [4.69, 9.17) is 0 Å². The van der Waals surface area contributed by atoms with Crippen LogP contribution in [0.1, 0.15) is 0 Å². The predicted molar refractivity (Wildman–Crippen MR) is 39.3 cm³/mol. The summed E-state index contributed by atoms with van der Waals surface area (Å²) < 4.78 is 56.7. The molecule has 0 fully saturated rings. The smallest absolute Gasteiger partial charge is 0.358 e. The Hall–Kier alpha value is -1.65. The molecule has 0 aliphatic rings. The minimum absolute atomic E-state index is 0.169. The van der Waals surface area contributed by atoms with E-state index in [2.05, 4.69) is 4.98 Å². The van der Waals surface area contributed by atoms with Crippen molar-refractivity contribution in [2.75, 3.05) is 0 Å². The summed E-state index contributed by atoms with van der Waals surface area (Å²) in [4.78, 5) is 11.8. The lowest BCUT2D eigenvalue weighted by molar-refractivity contribution is -0.389. The molecule has 0 atom stereocenters. The van der Waals surface area contributed by atoms with Crippen LogP contribution in [0.2, 0.25) is 0 Å². The van der Waals surface area contributed by atoms with E-state index in [1.807, 2.05) is 0 Å². The van der Waals surface area contributed by atoms with E-state index in [1.54, 1.807) is 0 Å². The van der Waals surface area contributed by atoms with Crippen LogP contribution in [0.5, 0.6) is 0 Å². The van der Waals surface area contributed by atoms with Gasteiger partial charge >= 0.3 is 21.3 Å². The average Bonchev–Trinajstić information content (AvgIpc) is 2.49. The number of halogens is 3. The number of imidazole rings is 1. The van der Waals surface area contributed by atoms with Crippen molar-refractivity contribution in [3.05, 3.63) is 22.6 Å². The summed E-state index contributed by atoms with van der Waals surface area (Å²) in [6.07, 6.45) is 0.379. The van der Waals surface area contributed by atoms with Crippen LogP contribution >= 0.6 is 0 Å². The predicted octanol–water partition coefficient (Wildman–Crippen LogP) is 0.489. The second-order valence-corrected chi connectivity index (χ2v) is 4.10. The van der Waals surface area contributed by atoms with Crippen molar-refractivity contribution in [2.45, 2.75) is 5.51 Å². The summed E-state index contributed by atoms with van der Waals surface area (Å²) in [5.74, 6) is -0.983. The highest BCUT2D eigenvalue weighted by atomic mass is 32.2. The zero-order valence-electron chi connectivity index (χ0n) is 6.67. The van der Waals surface area contributed by atoms with Gasteiger partial charge in [-0.1, -0.05) is 0 Å². The van der Waals surface area contributed by atoms with Crippen LogP contribution in [-0.4, -0.2) is 27.8 Å². The number of nitrogens with zero attached hydrogens (tertiary/aromatic N) is 3. The van der Waals surface area contributed by atoms with Crippen molar-refractivity contribution in [2.24, 2.45) is 0 Å². The molecule has 0 N–H and O–H groups in total.